The molecule has 3 rings (SSSR count). The Balaban J connectivity index is 1.74. The first-order chi connectivity index (χ1) is 11.8. The van der Waals surface area contributed by atoms with Crippen LogP contribution in [0.1, 0.15) is 5.76 Å². The van der Waals surface area contributed by atoms with Crippen LogP contribution in [0.2, 0.25) is 0 Å². The van der Waals surface area contributed by atoms with Crippen LogP contribution in [0.25, 0.3) is 0 Å². The molecule has 0 aliphatic heterocycles. The average molecular weight is 327 g/mol. The zero-order valence-electron chi connectivity index (χ0n) is 13.3. The molecule has 0 saturated carbocycles. The van der Waals surface area contributed by atoms with E-state index in [-0.39, 0.29) is 6.01 Å². The minimum atomic E-state index is 0.211. The predicted octanol–water partition coefficient (Wildman–Crippen LogP) is 2.84. The van der Waals surface area contributed by atoms with Crippen LogP contribution in [0.5, 0.6) is 11.8 Å². The van der Waals surface area contributed by atoms with Crippen molar-refractivity contribution in [2.24, 2.45) is 0 Å². The third-order valence-corrected chi connectivity index (χ3v) is 3.14. The Bertz CT molecular complexity index is 775. The molecule has 8 heteroatoms. The van der Waals surface area contributed by atoms with Gasteiger partial charge in [-0.1, -0.05) is 0 Å². The summed E-state index contributed by atoms with van der Waals surface area (Å²) in [5.74, 6) is 2.30. The quantitative estimate of drug-likeness (QED) is 0.684. The second kappa shape index (κ2) is 7.32. The van der Waals surface area contributed by atoms with Crippen molar-refractivity contribution in [2.45, 2.75) is 6.54 Å². The van der Waals surface area contributed by atoms with Gasteiger partial charge in [-0.05, 0) is 36.4 Å². The Morgan fingerprint density at radius 1 is 0.958 bits per heavy atom. The molecule has 124 valence electrons. The molecule has 0 saturated heterocycles. The number of hydrogen-bond donors (Lipinski definition) is 2. The number of ether oxygens (including phenoxy) is 2. The van der Waals surface area contributed by atoms with E-state index in [4.69, 9.17) is 13.9 Å². The van der Waals surface area contributed by atoms with Gasteiger partial charge in [0.1, 0.15) is 11.5 Å². The van der Waals surface area contributed by atoms with E-state index in [0.717, 1.165) is 17.2 Å². The van der Waals surface area contributed by atoms with Gasteiger partial charge in [-0.25, -0.2) is 0 Å². The molecule has 0 atom stereocenters. The van der Waals surface area contributed by atoms with E-state index >= 15 is 0 Å². The van der Waals surface area contributed by atoms with Gasteiger partial charge < -0.3 is 24.5 Å². The molecule has 0 spiro atoms. The lowest BCUT2D eigenvalue weighted by Gasteiger charge is -2.09. The second-order valence-electron chi connectivity index (χ2n) is 4.76. The van der Waals surface area contributed by atoms with Crippen LogP contribution in [0.15, 0.2) is 47.1 Å². The van der Waals surface area contributed by atoms with Crippen molar-refractivity contribution in [2.75, 3.05) is 24.9 Å². The van der Waals surface area contributed by atoms with E-state index in [1.807, 2.05) is 36.4 Å². The third kappa shape index (κ3) is 3.92. The standard InChI is InChI=1S/C16H17N5O3/c1-22-12-7-5-11(6-8-12)18-15-19-14(20-16(21-15)23-2)17-10-13-4-3-9-24-13/h3-9H,10H2,1-2H3,(H2,17,18,19,20,21). The van der Waals surface area contributed by atoms with Crippen LogP contribution in [-0.4, -0.2) is 29.2 Å². The van der Waals surface area contributed by atoms with Gasteiger partial charge in [0.25, 0.3) is 0 Å². The molecule has 0 radical (unpaired) electrons. The lowest BCUT2D eigenvalue weighted by Crippen LogP contribution is -2.08. The SMILES string of the molecule is COc1ccc(Nc2nc(NCc3ccco3)nc(OC)n2)cc1. The summed E-state index contributed by atoms with van der Waals surface area (Å²) in [4.78, 5) is 12.7. The first-order valence-electron chi connectivity index (χ1n) is 7.24. The number of benzene rings is 1. The van der Waals surface area contributed by atoms with Crippen LogP contribution < -0.4 is 20.1 Å². The number of nitrogens with one attached hydrogen (secondary N) is 2. The smallest absolute Gasteiger partial charge is 0.322 e. The Hall–Kier alpha value is -3.29. The number of hydrogen-bond acceptors (Lipinski definition) is 8. The summed E-state index contributed by atoms with van der Waals surface area (Å²) in [5.41, 5.74) is 0.820. The molecular weight excluding hydrogens is 310 g/mol. The van der Waals surface area contributed by atoms with Crippen molar-refractivity contribution in [1.82, 2.24) is 15.0 Å². The molecule has 3 aromatic rings. The van der Waals surface area contributed by atoms with Gasteiger partial charge in [-0.15, -0.1) is 0 Å². The summed E-state index contributed by atoms with van der Waals surface area (Å²) in [6.45, 7) is 0.460. The van der Waals surface area contributed by atoms with Crippen molar-refractivity contribution in [3.8, 4) is 11.8 Å². The minimum absolute atomic E-state index is 0.211. The Morgan fingerprint density at radius 3 is 2.42 bits per heavy atom. The number of rotatable bonds is 7. The number of aromatic nitrogens is 3. The Kier molecular flexibility index (Phi) is 4.76. The highest BCUT2D eigenvalue weighted by atomic mass is 16.5. The summed E-state index contributed by atoms with van der Waals surface area (Å²) in [6.07, 6.45) is 1.61. The topological polar surface area (TPSA) is 94.3 Å². The average Bonchev–Trinajstić information content (AvgIpc) is 3.14. The highest BCUT2D eigenvalue weighted by Gasteiger charge is 2.08. The third-order valence-electron chi connectivity index (χ3n) is 3.14. The van der Waals surface area contributed by atoms with Gasteiger partial charge in [0, 0.05) is 5.69 Å². The maximum absolute atomic E-state index is 5.27. The molecule has 0 aliphatic carbocycles. The fourth-order valence-corrected chi connectivity index (χ4v) is 1.97. The van der Waals surface area contributed by atoms with Crippen molar-refractivity contribution < 1.29 is 13.9 Å². The molecule has 2 N–H and O–H groups in total. The van der Waals surface area contributed by atoms with E-state index in [9.17, 15) is 0 Å². The maximum atomic E-state index is 5.27. The highest BCUT2D eigenvalue weighted by Crippen LogP contribution is 2.19. The first kappa shape index (κ1) is 15.6. The number of nitrogens with zero attached hydrogens (tertiary/aromatic N) is 3. The van der Waals surface area contributed by atoms with Gasteiger partial charge >= 0.3 is 6.01 Å². The second-order valence-corrected chi connectivity index (χ2v) is 4.76. The van der Waals surface area contributed by atoms with Crippen LogP contribution in [-0.2, 0) is 6.54 Å². The van der Waals surface area contributed by atoms with Crippen LogP contribution in [0, 0.1) is 0 Å². The number of methoxy groups -OCH3 is 2. The van der Waals surface area contributed by atoms with E-state index in [0.29, 0.717) is 18.4 Å². The molecule has 1 aromatic carbocycles. The van der Waals surface area contributed by atoms with Gasteiger partial charge in [0.05, 0.1) is 27.0 Å². The zero-order valence-corrected chi connectivity index (χ0v) is 13.3. The maximum Gasteiger partial charge on any atom is 0.322 e. The van der Waals surface area contributed by atoms with Gasteiger partial charge in [-0.3, -0.25) is 0 Å². The molecule has 8 nitrogen and oxygen atoms in total. The molecule has 24 heavy (non-hydrogen) atoms. The summed E-state index contributed by atoms with van der Waals surface area (Å²) >= 11 is 0. The molecule has 0 aliphatic rings. The lowest BCUT2D eigenvalue weighted by atomic mass is 10.3. The molecule has 2 heterocycles. The molecule has 0 unspecified atom stereocenters. The largest absolute Gasteiger partial charge is 0.497 e. The van der Waals surface area contributed by atoms with Gasteiger partial charge in [-0.2, -0.15) is 15.0 Å². The van der Waals surface area contributed by atoms with E-state index in [1.165, 1.54) is 7.11 Å². The molecular formula is C16H17N5O3. The fourth-order valence-electron chi connectivity index (χ4n) is 1.97. The van der Waals surface area contributed by atoms with E-state index in [2.05, 4.69) is 25.6 Å². The summed E-state index contributed by atoms with van der Waals surface area (Å²) in [6, 6.07) is 11.3. The van der Waals surface area contributed by atoms with Crippen LogP contribution in [0.3, 0.4) is 0 Å². The van der Waals surface area contributed by atoms with Gasteiger partial charge in [0.15, 0.2) is 0 Å². The Morgan fingerprint density at radius 2 is 1.75 bits per heavy atom. The van der Waals surface area contributed by atoms with Crippen LogP contribution in [0.4, 0.5) is 17.6 Å². The normalized spacial score (nSPS) is 10.2. The summed E-state index contributed by atoms with van der Waals surface area (Å²) < 4.78 is 15.5. The fraction of sp³-hybridized carbons (Fsp3) is 0.188. The monoisotopic (exact) mass is 327 g/mol. The summed E-state index contributed by atoms with van der Waals surface area (Å²) in [5, 5.41) is 6.17. The highest BCUT2D eigenvalue weighted by molar-refractivity contribution is 5.55. The van der Waals surface area contributed by atoms with Crippen molar-refractivity contribution in [3.05, 3.63) is 48.4 Å². The first-order valence-corrected chi connectivity index (χ1v) is 7.24. The van der Waals surface area contributed by atoms with Crippen LogP contribution >= 0.6 is 0 Å². The van der Waals surface area contributed by atoms with Crippen molar-refractivity contribution in [1.29, 1.82) is 0 Å². The predicted molar refractivity (Wildman–Crippen MR) is 88.7 cm³/mol. The number of anilines is 3. The molecule has 2 aromatic heterocycles. The van der Waals surface area contributed by atoms with Crippen molar-refractivity contribution >= 4 is 17.6 Å². The van der Waals surface area contributed by atoms with Gasteiger partial charge in [0.2, 0.25) is 11.9 Å². The van der Waals surface area contributed by atoms with Crippen molar-refractivity contribution in [3.63, 3.8) is 0 Å². The van der Waals surface area contributed by atoms with E-state index < -0.39 is 0 Å². The Labute approximate surface area is 138 Å². The zero-order chi connectivity index (χ0) is 16.8. The number of furan rings is 1. The lowest BCUT2D eigenvalue weighted by molar-refractivity contribution is 0.379. The van der Waals surface area contributed by atoms with E-state index in [1.54, 1.807) is 13.4 Å². The molecule has 0 bridgehead atoms. The summed E-state index contributed by atoms with van der Waals surface area (Å²) in [7, 11) is 3.12. The minimum Gasteiger partial charge on any atom is -0.497 e. The molecule has 0 amide bonds. The molecule has 0 fully saturated rings.